The Labute approximate surface area is 124 Å². The Balaban J connectivity index is 1.65. The minimum Gasteiger partial charge on any atom is -0.355 e. The second-order valence-electron chi connectivity index (χ2n) is 7.19. The molecular weight excluding hydrogens is 248 g/mol. The van der Waals surface area contributed by atoms with E-state index < -0.39 is 0 Å². The van der Waals surface area contributed by atoms with Gasteiger partial charge in [0.1, 0.15) is 0 Å². The van der Waals surface area contributed by atoms with E-state index >= 15 is 0 Å². The molecule has 0 spiro atoms. The second-order valence-corrected chi connectivity index (χ2v) is 7.19. The molecular formula is C17H32N2O. The van der Waals surface area contributed by atoms with Crippen LogP contribution in [0.25, 0.3) is 0 Å². The van der Waals surface area contributed by atoms with Crippen LogP contribution in [-0.2, 0) is 4.79 Å². The number of hydrogen-bond donors (Lipinski definition) is 1. The number of hydrogen-bond acceptors (Lipinski definition) is 2. The minimum absolute atomic E-state index is 0.242. The highest BCUT2D eigenvalue weighted by Gasteiger charge is 2.30. The third-order valence-electron chi connectivity index (χ3n) is 4.72. The van der Waals surface area contributed by atoms with Gasteiger partial charge in [0.25, 0.3) is 0 Å². The summed E-state index contributed by atoms with van der Waals surface area (Å²) >= 11 is 0. The van der Waals surface area contributed by atoms with Gasteiger partial charge in [-0.2, -0.15) is 0 Å². The average molecular weight is 280 g/mol. The lowest BCUT2D eigenvalue weighted by Crippen LogP contribution is -2.41. The zero-order valence-corrected chi connectivity index (χ0v) is 13.4. The fraction of sp³-hybridized carbons (Fsp3) is 0.941. The lowest BCUT2D eigenvalue weighted by atomic mass is 9.89. The molecule has 3 nitrogen and oxygen atoms in total. The maximum atomic E-state index is 12.1. The predicted octanol–water partition coefficient (Wildman–Crippen LogP) is 3.19. The van der Waals surface area contributed by atoms with E-state index in [2.05, 4.69) is 24.1 Å². The molecule has 0 aromatic heterocycles. The van der Waals surface area contributed by atoms with Gasteiger partial charge in [-0.25, -0.2) is 0 Å². The Bertz CT molecular complexity index is 293. The standard InChI is InChI=1S/C17H32N2O/c1-14(2)10-11-19(16-8-9-16)13-17(20)18-12-15-6-4-3-5-7-15/h14-16H,3-13H2,1-2H3,(H,18,20). The van der Waals surface area contributed by atoms with Crippen LogP contribution in [0, 0.1) is 11.8 Å². The topological polar surface area (TPSA) is 32.3 Å². The van der Waals surface area contributed by atoms with E-state index in [1.807, 2.05) is 0 Å². The van der Waals surface area contributed by atoms with E-state index in [1.54, 1.807) is 0 Å². The molecule has 1 amide bonds. The van der Waals surface area contributed by atoms with E-state index in [0.717, 1.165) is 24.9 Å². The Morgan fingerprint density at radius 1 is 1.15 bits per heavy atom. The minimum atomic E-state index is 0.242. The molecule has 0 heterocycles. The van der Waals surface area contributed by atoms with Gasteiger partial charge in [-0.15, -0.1) is 0 Å². The summed E-state index contributed by atoms with van der Waals surface area (Å²) in [5.74, 6) is 1.70. The van der Waals surface area contributed by atoms with Crippen molar-refractivity contribution in [3.63, 3.8) is 0 Å². The third-order valence-corrected chi connectivity index (χ3v) is 4.72. The molecule has 2 saturated carbocycles. The molecule has 2 rings (SSSR count). The molecule has 3 heteroatoms. The number of carbonyl (C=O) groups excluding carboxylic acids is 1. The first kappa shape index (κ1) is 15.8. The van der Waals surface area contributed by atoms with E-state index in [0.29, 0.717) is 12.6 Å². The van der Waals surface area contributed by atoms with Crippen molar-refractivity contribution in [2.24, 2.45) is 11.8 Å². The monoisotopic (exact) mass is 280 g/mol. The molecule has 0 aromatic rings. The fourth-order valence-electron chi connectivity index (χ4n) is 3.14. The molecule has 20 heavy (non-hydrogen) atoms. The summed E-state index contributed by atoms with van der Waals surface area (Å²) in [7, 11) is 0. The van der Waals surface area contributed by atoms with Crippen molar-refractivity contribution in [2.75, 3.05) is 19.6 Å². The molecule has 116 valence electrons. The van der Waals surface area contributed by atoms with Gasteiger partial charge >= 0.3 is 0 Å². The number of rotatable bonds is 8. The lowest BCUT2D eigenvalue weighted by molar-refractivity contribution is -0.122. The third kappa shape index (κ3) is 5.82. The highest BCUT2D eigenvalue weighted by atomic mass is 16.2. The molecule has 0 bridgehead atoms. The van der Waals surface area contributed by atoms with Crippen LogP contribution in [0.5, 0.6) is 0 Å². The Kier molecular flexibility index (Phi) is 6.34. The van der Waals surface area contributed by atoms with Gasteiger partial charge in [0, 0.05) is 12.6 Å². The van der Waals surface area contributed by atoms with Gasteiger partial charge in [-0.3, -0.25) is 9.69 Å². The molecule has 2 aliphatic carbocycles. The van der Waals surface area contributed by atoms with Crippen LogP contribution in [0.4, 0.5) is 0 Å². The smallest absolute Gasteiger partial charge is 0.234 e. The predicted molar refractivity (Wildman–Crippen MR) is 83.6 cm³/mol. The van der Waals surface area contributed by atoms with Crippen LogP contribution >= 0.6 is 0 Å². The van der Waals surface area contributed by atoms with E-state index in [9.17, 15) is 4.79 Å². The van der Waals surface area contributed by atoms with Crippen LogP contribution in [-0.4, -0.2) is 36.5 Å². The van der Waals surface area contributed by atoms with Gasteiger partial charge in [0.2, 0.25) is 5.91 Å². The summed E-state index contributed by atoms with van der Waals surface area (Å²) in [5.41, 5.74) is 0. The van der Waals surface area contributed by atoms with Crippen LogP contribution in [0.15, 0.2) is 0 Å². The van der Waals surface area contributed by atoms with Crippen LogP contribution in [0.2, 0.25) is 0 Å². The highest BCUT2D eigenvalue weighted by Crippen LogP contribution is 2.27. The molecule has 2 aliphatic rings. The summed E-state index contributed by atoms with van der Waals surface area (Å²) in [6, 6.07) is 0.689. The quantitative estimate of drug-likeness (QED) is 0.740. The zero-order chi connectivity index (χ0) is 14.4. The number of carbonyl (C=O) groups is 1. The Morgan fingerprint density at radius 3 is 2.45 bits per heavy atom. The summed E-state index contributed by atoms with van der Waals surface area (Å²) < 4.78 is 0. The van der Waals surface area contributed by atoms with E-state index in [4.69, 9.17) is 0 Å². The first-order valence-corrected chi connectivity index (χ1v) is 8.66. The maximum absolute atomic E-state index is 12.1. The van der Waals surface area contributed by atoms with Crippen LogP contribution < -0.4 is 5.32 Å². The van der Waals surface area contributed by atoms with E-state index in [-0.39, 0.29) is 5.91 Å². The number of nitrogens with zero attached hydrogens (tertiary/aromatic N) is 1. The van der Waals surface area contributed by atoms with Gasteiger partial charge in [0.05, 0.1) is 6.54 Å². The van der Waals surface area contributed by atoms with Crippen molar-refractivity contribution in [1.29, 1.82) is 0 Å². The van der Waals surface area contributed by atoms with Crippen molar-refractivity contribution in [3.8, 4) is 0 Å². The first-order chi connectivity index (χ1) is 9.65. The van der Waals surface area contributed by atoms with Gasteiger partial charge in [0.15, 0.2) is 0 Å². The summed E-state index contributed by atoms with van der Waals surface area (Å²) in [4.78, 5) is 14.5. The molecule has 0 aliphatic heterocycles. The van der Waals surface area contributed by atoms with Crippen molar-refractivity contribution < 1.29 is 4.79 Å². The summed E-state index contributed by atoms with van der Waals surface area (Å²) in [5, 5.41) is 3.17. The largest absolute Gasteiger partial charge is 0.355 e. The van der Waals surface area contributed by atoms with Gasteiger partial charge in [-0.05, 0) is 50.5 Å². The molecule has 1 N–H and O–H groups in total. The molecule has 0 saturated heterocycles. The maximum Gasteiger partial charge on any atom is 0.234 e. The molecule has 0 atom stereocenters. The van der Waals surface area contributed by atoms with Crippen molar-refractivity contribution in [3.05, 3.63) is 0 Å². The van der Waals surface area contributed by atoms with Crippen LogP contribution in [0.3, 0.4) is 0 Å². The van der Waals surface area contributed by atoms with Gasteiger partial charge < -0.3 is 5.32 Å². The van der Waals surface area contributed by atoms with E-state index in [1.165, 1.54) is 51.4 Å². The second kappa shape index (κ2) is 8.02. The normalized spacial score (nSPS) is 20.6. The number of nitrogens with one attached hydrogen (secondary N) is 1. The van der Waals surface area contributed by atoms with Crippen molar-refractivity contribution in [2.45, 2.75) is 71.3 Å². The SMILES string of the molecule is CC(C)CCN(CC(=O)NCC1CCCCC1)C1CC1. The lowest BCUT2D eigenvalue weighted by Gasteiger charge is -2.24. The Morgan fingerprint density at radius 2 is 1.85 bits per heavy atom. The molecule has 0 unspecified atom stereocenters. The van der Waals surface area contributed by atoms with Crippen molar-refractivity contribution in [1.82, 2.24) is 10.2 Å². The molecule has 2 fully saturated rings. The molecule has 0 radical (unpaired) electrons. The average Bonchev–Trinajstić information content (AvgIpc) is 3.26. The fourth-order valence-corrected chi connectivity index (χ4v) is 3.14. The first-order valence-electron chi connectivity index (χ1n) is 8.66. The Hall–Kier alpha value is -0.570. The molecule has 0 aromatic carbocycles. The highest BCUT2D eigenvalue weighted by molar-refractivity contribution is 5.78. The zero-order valence-electron chi connectivity index (χ0n) is 13.4. The van der Waals surface area contributed by atoms with Crippen LogP contribution in [0.1, 0.15) is 65.2 Å². The summed E-state index contributed by atoms with van der Waals surface area (Å²) in [6.45, 7) is 7.12. The van der Waals surface area contributed by atoms with Gasteiger partial charge in [-0.1, -0.05) is 33.1 Å². The van der Waals surface area contributed by atoms with Crippen molar-refractivity contribution >= 4 is 5.91 Å². The summed E-state index contributed by atoms with van der Waals surface area (Å²) in [6.07, 6.45) is 10.5. The number of amides is 1.